The smallest absolute Gasteiger partial charge is 0.153 e. The molecule has 0 spiro atoms. The van der Waals surface area contributed by atoms with Crippen molar-refractivity contribution in [2.24, 2.45) is 20.0 Å². The molecule has 0 N–H and O–H groups in total. The van der Waals surface area contributed by atoms with E-state index in [0.29, 0.717) is 11.6 Å². The van der Waals surface area contributed by atoms with Gasteiger partial charge < -0.3 is 0 Å². The van der Waals surface area contributed by atoms with E-state index in [4.69, 9.17) is 20.0 Å². The monoisotopic (exact) mass is 966 g/mol. The summed E-state index contributed by atoms with van der Waals surface area (Å²) in [6.07, 6.45) is 3.80. The molecule has 0 unspecified atom stereocenters. The first-order chi connectivity index (χ1) is 19.4. The number of nitrogens with zero attached hydrogens (tertiary/aromatic N) is 4. The van der Waals surface area contributed by atoms with Crippen molar-refractivity contribution in [3.63, 3.8) is 0 Å². The van der Waals surface area contributed by atoms with Crippen LogP contribution in [0.1, 0.15) is 22.3 Å². The van der Waals surface area contributed by atoms with Gasteiger partial charge in [0.15, 0.2) is 11.6 Å². The number of hydrogen-bond acceptors (Lipinski definition) is 4. The third-order valence-electron chi connectivity index (χ3n) is 6.21. The molecule has 4 aromatic rings. The topological polar surface area (TPSA) is 49.4 Å². The Hall–Kier alpha value is -2.04. The Balaban J connectivity index is 1.41. The molecule has 4 aromatic carbocycles. The molecule has 8 heteroatoms. The van der Waals surface area contributed by atoms with Crippen molar-refractivity contribution in [3.8, 4) is 0 Å². The average Bonchev–Trinajstić information content (AvgIpc) is 3.59. The summed E-state index contributed by atoms with van der Waals surface area (Å²) >= 11 is 9.27. The van der Waals surface area contributed by atoms with Crippen LogP contribution in [-0.4, -0.2) is 22.8 Å². The molecule has 4 nitrogen and oxygen atoms in total. The number of rotatable bonds is 5. The highest BCUT2D eigenvalue weighted by molar-refractivity contribution is 14.1. The molecule has 0 aliphatic carbocycles. The van der Waals surface area contributed by atoms with E-state index >= 15 is 0 Å². The summed E-state index contributed by atoms with van der Waals surface area (Å²) < 4.78 is 4.71. The van der Waals surface area contributed by atoms with E-state index in [1.807, 2.05) is 12.2 Å². The van der Waals surface area contributed by atoms with Crippen LogP contribution in [0.5, 0.6) is 0 Å². The van der Waals surface area contributed by atoms with E-state index in [1.54, 1.807) is 0 Å². The van der Waals surface area contributed by atoms with E-state index in [2.05, 4.69) is 187 Å². The summed E-state index contributed by atoms with van der Waals surface area (Å²) in [6.45, 7) is 0. The fraction of sp³-hybridized carbons (Fsp3) is 0. The zero-order chi connectivity index (χ0) is 27.6. The van der Waals surface area contributed by atoms with Crippen molar-refractivity contribution in [1.29, 1.82) is 0 Å². The SMILES string of the molecule is Ic1ccc(C2=NC(=CC=C3N=C(c4ccc(I)cc4)C(c4ccc(I)cc4)=N3)N=C2c2ccc(I)cc2)cc1. The fourth-order valence-electron chi connectivity index (χ4n) is 4.25. The molecule has 0 saturated heterocycles. The van der Waals surface area contributed by atoms with Crippen LogP contribution in [0.15, 0.2) is 141 Å². The molecule has 0 amide bonds. The van der Waals surface area contributed by atoms with Crippen LogP contribution in [0, 0.1) is 14.3 Å². The van der Waals surface area contributed by atoms with Crippen molar-refractivity contribution in [2.75, 3.05) is 0 Å². The van der Waals surface area contributed by atoms with Gasteiger partial charge in [-0.3, -0.25) is 0 Å². The maximum Gasteiger partial charge on any atom is 0.153 e. The van der Waals surface area contributed by atoms with Crippen LogP contribution in [0.2, 0.25) is 0 Å². The van der Waals surface area contributed by atoms with Gasteiger partial charge >= 0.3 is 0 Å². The van der Waals surface area contributed by atoms with Gasteiger partial charge in [-0.2, -0.15) is 0 Å². The molecule has 0 radical (unpaired) electrons. The molecule has 2 heterocycles. The lowest BCUT2D eigenvalue weighted by Crippen LogP contribution is -2.13. The molecule has 40 heavy (non-hydrogen) atoms. The van der Waals surface area contributed by atoms with E-state index < -0.39 is 0 Å². The number of allylic oxidation sites excluding steroid dienone is 2. The van der Waals surface area contributed by atoms with E-state index in [-0.39, 0.29) is 0 Å². The van der Waals surface area contributed by atoms with Gasteiger partial charge in [-0.15, -0.1) is 0 Å². The lowest BCUT2D eigenvalue weighted by atomic mass is 10.0. The maximum atomic E-state index is 4.93. The summed E-state index contributed by atoms with van der Waals surface area (Å²) in [6, 6.07) is 33.5. The molecular weight excluding hydrogens is 948 g/mol. The van der Waals surface area contributed by atoms with Crippen molar-refractivity contribution >= 4 is 113 Å². The van der Waals surface area contributed by atoms with E-state index in [9.17, 15) is 0 Å². The first-order valence-corrected chi connectivity index (χ1v) is 16.6. The number of benzene rings is 4. The van der Waals surface area contributed by atoms with Crippen LogP contribution in [0.4, 0.5) is 0 Å². The summed E-state index contributed by atoms with van der Waals surface area (Å²) in [4.78, 5) is 19.7. The summed E-state index contributed by atoms with van der Waals surface area (Å²) in [5.74, 6) is 1.25. The third kappa shape index (κ3) is 6.39. The maximum absolute atomic E-state index is 4.93. The molecule has 194 valence electrons. The van der Waals surface area contributed by atoms with Crippen molar-refractivity contribution in [3.05, 3.63) is 157 Å². The standard InChI is InChI=1S/C32H18I4N4/c33-23-9-1-19(2-10-23)29-30(20-3-11-24(34)12-4-20)38-27(37-29)17-18-28-39-31(21-5-13-25(35)14-6-21)32(40-28)22-7-15-26(36)16-8-22/h1-18H. The molecule has 0 bridgehead atoms. The van der Waals surface area contributed by atoms with Gasteiger partial charge in [0.1, 0.15) is 0 Å². The highest BCUT2D eigenvalue weighted by Gasteiger charge is 2.22. The largest absolute Gasteiger partial charge is 0.226 e. The number of hydrogen-bond donors (Lipinski definition) is 0. The Bertz CT molecular complexity index is 1520. The Labute approximate surface area is 287 Å². The van der Waals surface area contributed by atoms with Gasteiger partial charge in [0.05, 0.1) is 22.8 Å². The second-order valence-electron chi connectivity index (χ2n) is 8.92. The predicted octanol–water partition coefficient (Wildman–Crippen LogP) is 9.07. The minimum atomic E-state index is 0.624. The molecule has 2 aliphatic rings. The van der Waals surface area contributed by atoms with Gasteiger partial charge in [0.2, 0.25) is 0 Å². The van der Waals surface area contributed by atoms with Gasteiger partial charge in [-0.05, 0) is 151 Å². The highest BCUT2D eigenvalue weighted by atomic mass is 127. The van der Waals surface area contributed by atoms with Gasteiger partial charge in [-0.1, -0.05) is 48.5 Å². The second-order valence-corrected chi connectivity index (χ2v) is 13.9. The fourth-order valence-corrected chi connectivity index (χ4v) is 5.69. The molecule has 0 fully saturated rings. The van der Waals surface area contributed by atoms with Gasteiger partial charge in [-0.25, -0.2) is 20.0 Å². The quantitative estimate of drug-likeness (QED) is 0.180. The normalized spacial score (nSPS) is 14.5. The highest BCUT2D eigenvalue weighted by Crippen LogP contribution is 2.25. The van der Waals surface area contributed by atoms with Gasteiger partial charge in [0, 0.05) is 36.5 Å². The Morgan fingerprint density at radius 1 is 0.325 bits per heavy atom. The van der Waals surface area contributed by atoms with E-state index in [0.717, 1.165) is 45.1 Å². The van der Waals surface area contributed by atoms with Crippen molar-refractivity contribution in [2.45, 2.75) is 0 Å². The number of halogens is 4. The lowest BCUT2D eigenvalue weighted by Gasteiger charge is -2.06. The Morgan fingerprint density at radius 3 is 0.725 bits per heavy atom. The molecule has 6 rings (SSSR count). The summed E-state index contributed by atoms with van der Waals surface area (Å²) in [5, 5.41) is 0. The zero-order valence-electron chi connectivity index (χ0n) is 20.7. The summed E-state index contributed by atoms with van der Waals surface area (Å²) in [7, 11) is 0. The average molecular weight is 966 g/mol. The Morgan fingerprint density at radius 2 is 0.525 bits per heavy atom. The first kappa shape index (κ1) is 28.1. The molecule has 2 aliphatic heterocycles. The van der Waals surface area contributed by atoms with Crippen LogP contribution >= 0.6 is 90.4 Å². The number of aliphatic imine (C=N–C) groups is 4. The minimum Gasteiger partial charge on any atom is -0.226 e. The third-order valence-corrected chi connectivity index (χ3v) is 9.08. The zero-order valence-corrected chi connectivity index (χ0v) is 29.3. The van der Waals surface area contributed by atoms with Crippen molar-refractivity contribution < 1.29 is 0 Å². The second kappa shape index (κ2) is 12.4. The predicted molar refractivity (Wildman–Crippen MR) is 199 cm³/mol. The first-order valence-electron chi connectivity index (χ1n) is 12.2. The molecule has 0 saturated carbocycles. The van der Waals surface area contributed by atoms with Crippen LogP contribution in [0.3, 0.4) is 0 Å². The van der Waals surface area contributed by atoms with Gasteiger partial charge in [0.25, 0.3) is 0 Å². The van der Waals surface area contributed by atoms with Crippen LogP contribution < -0.4 is 0 Å². The minimum absolute atomic E-state index is 0.624. The summed E-state index contributed by atoms with van der Waals surface area (Å²) in [5.41, 5.74) is 7.58. The van der Waals surface area contributed by atoms with Crippen molar-refractivity contribution in [1.82, 2.24) is 0 Å². The van der Waals surface area contributed by atoms with E-state index in [1.165, 1.54) is 14.3 Å². The Kier molecular flexibility index (Phi) is 8.74. The van der Waals surface area contributed by atoms with Crippen LogP contribution in [-0.2, 0) is 0 Å². The molecular formula is C32H18I4N4. The molecule has 0 atom stereocenters. The lowest BCUT2D eigenvalue weighted by molar-refractivity contribution is 1.24. The van der Waals surface area contributed by atoms with Crippen LogP contribution in [0.25, 0.3) is 0 Å². The molecule has 0 aromatic heterocycles.